The highest BCUT2D eigenvalue weighted by Gasteiger charge is 2.06. The van der Waals surface area contributed by atoms with E-state index in [2.05, 4.69) is 11.1 Å². The Kier molecular flexibility index (Phi) is 2.71. The summed E-state index contributed by atoms with van der Waals surface area (Å²) >= 11 is 0. The number of nitriles is 1. The monoisotopic (exact) mass is 212 g/mol. The molecule has 0 aliphatic heterocycles. The molecule has 2 N–H and O–H groups in total. The SMILES string of the molecule is Cc1ccc(C#N)cc1-n1cncc1CN. The van der Waals surface area contributed by atoms with Gasteiger partial charge in [0.2, 0.25) is 0 Å². The van der Waals surface area contributed by atoms with Crippen LogP contribution in [0.2, 0.25) is 0 Å². The van der Waals surface area contributed by atoms with Crippen LogP contribution in [0.4, 0.5) is 0 Å². The third-order valence-electron chi connectivity index (χ3n) is 2.52. The number of rotatable bonds is 2. The van der Waals surface area contributed by atoms with Crippen molar-refractivity contribution < 1.29 is 0 Å². The Morgan fingerprint density at radius 3 is 3.00 bits per heavy atom. The fraction of sp³-hybridized carbons (Fsp3) is 0.167. The van der Waals surface area contributed by atoms with Crippen molar-refractivity contribution in [3.05, 3.63) is 47.5 Å². The minimum absolute atomic E-state index is 0.427. The van der Waals surface area contributed by atoms with E-state index in [1.54, 1.807) is 18.6 Å². The van der Waals surface area contributed by atoms with E-state index in [9.17, 15) is 0 Å². The first-order chi connectivity index (χ1) is 7.76. The molecule has 2 rings (SSSR count). The molecular formula is C12H12N4. The molecule has 0 radical (unpaired) electrons. The molecule has 16 heavy (non-hydrogen) atoms. The summed E-state index contributed by atoms with van der Waals surface area (Å²) in [6.07, 6.45) is 3.45. The standard InChI is InChI=1S/C12H12N4/c1-9-2-3-10(5-13)4-12(9)16-8-15-7-11(16)6-14/h2-4,7-8H,6,14H2,1H3. The zero-order valence-electron chi connectivity index (χ0n) is 9.01. The molecule has 0 saturated carbocycles. The van der Waals surface area contributed by atoms with E-state index < -0.39 is 0 Å². The molecule has 1 aromatic carbocycles. The highest BCUT2D eigenvalue weighted by Crippen LogP contribution is 2.17. The molecule has 0 atom stereocenters. The maximum Gasteiger partial charge on any atom is 0.0994 e. The minimum atomic E-state index is 0.427. The smallest absolute Gasteiger partial charge is 0.0994 e. The number of hydrogen-bond acceptors (Lipinski definition) is 3. The van der Waals surface area contributed by atoms with E-state index in [-0.39, 0.29) is 0 Å². The van der Waals surface area contributed by atoms with Gasteiger partial charge in [-0.15, -0.1) is 0 Å². The molecule has 0 spiro atoms. The Hall–Kier alpha value is -2.12. The average molecular weight is 212 g/mol. The van der Waals surface area contributed by atoms with Crippen LogP contribution in [0.1, 0.15) is 16.8 Å². The van der Waals surface area contributed by atoms with Crippen molar-refractivity contribution in [2.45, 2.75) is 13.5 Å². The van der Waals surface area contributed by atoms with Gasteiger partial charge in [0.15, 0.2) is 0 Å². The molecule has 4 nitrogen and oxygen atoms in total. The van der Waals surface area contributed by atoms with E-state index in [1.807, 2.05) is 23.6 Å². The normalized spacial score (nSPS) is 10.1. The third-order valence-corrected chi connectivity index (χ3v) is 2.52. The number of imidazole rings is 1. The molecule has 0 saturated heterocycles. The topological polar surface area (TPSA) is 67.6 Å². The number of nitrogens with zero attached hydrogens (tertiary/aromatic N) is 3. The van der Waals surface area contributed by atoms with Crippen molar-refractivity contribution in [1.29, 1.82) is 5.26 Å². The first-order valence-corrected chi connectivity index (χ1v) is 4.98. The zero-order valence-corrected chi connectivity index (χ0v) is 9.01. The predicted octanol–water partition coefficient (Wildman–Crippen LogP) is 1.51. The highest BCUT2D eigenvalue weighted by molar-refractivity contribution is 5.47. The van der Waals surface area contributed by atoms with Gasteiger partial charge in [0.1, 0.15) is 0 Å². The Balaban J connectivity index is 2.60. The van der Waals surface area contributed by atoms with Gasteiger partial charge in [-0.25, -0.2) is 4.98 Å². The molecule has 0 amide bonds. The van der Waals surface area contributed by atoms with Crippen LogP contribution in [0.5, 0.6) is 0 Å². The van der Waals surface area contributed by atoms with Gasteiger partial charge in [-0.05, 0) is 24.6 Å². The van der Waals surface area contributed by atoms with Crippen molar-refractivity contribution in [1.82, 2.24) is 9.55 Å². The average Bonchev–Trinajstić information content (AvgIpc) is 2.77. The maximum atomic E-state index is 8.88. The quantitative estimate of drug-likeness (QED) is 0.820. The maximum absolute atomic E-state index is 8.88. The molecule has 2 aromatic rings. The van der Waals surface area contributed by atoms with E-state index in [1.165, 1.54) is 0 Å². The summed E-state index contributed by atoms with van der Waals surface area (Å²) in [4.78, 5) is 4.07. The molecule has 0 unspecified atom stereocenters. The van der Waals surface area contributed by atoms with Crippen LogP contribution >= 0.6 is 0 Å². The fourth-order valence-corrected chi connectivity index (χ4v) is 1.63. The van der Waals surface area contributed by atoms with Crippen molar-refractivity contribution in [2.24, 2.45) is 5.73 Å². The van der Waals surface area contributed by atoms with Gasteiger partial charge in [-0.1, -0.05) is 6.07 Å². The first-order valence-electron chi connectivity index (χ1n) is 4.98. The van der Waals surface area contributed by atoms with Gasteiger partial charge < -0.3 is 10.3 Å². The van der Waals surface area contributed by atoms with Gasteiger partial charge in [0.05, 0.1) is 29.3 Å². The lowest BCUT2D eigenvalue weighted by atomic mass is 10.1. The Labute approximate surface area is 94.0 Å². The lowest BCUT2D eigenvalue weighted by Crippen LogP contribution is -2.06. The van der Waals surface area contributed by atoms with E-state index in [4.69, 9.17) is 11.0 Å². The van der Waals surface area contributed by atoms with Crippen LogP contribution in [0.3, 0.4) is 0 Å². The van der Waals surface area contributed by atoms with Crippen molar-refractivity contribution in [3.8, 4) is 11.8 Å². The Morgan fingerprint density at radius 2 is 2.31 bits per heavy atom. The summed E-state index contributed by atoms with van der Waals surface area (Å²) in [6.45, 7) is 2.42. The lowest BCUT2D eigenvalue weighted by molar-refractivity contribution is 0.904. The molecule has 1 aromatic heterocycles. The van der Waals surface area contributed by atoms with Crippen LogP contribution < -0.4 is 5.73 Å². The summed E-state index contributed by atoms with van der Waals surface area (Å²) in [6, 6.07) is 7.70. The molecule has 0 aliphatic carbocycles. The summed E-state index contributed by atoms with van der Waals surface area (Å²) in [7, 11) is 0. The molecule has 80 valence electrons. The molecule has 4 heteroatoms. The number of benzene rings is 1. The van der Waals surface area contributed by atoms with E-state index >= 15 is 0 Å². The molecular weight excluding hydrogens is 200 g/mol. The van der Waals surface area contributed by atoms with Crippen molar-refractivity contribution >= 4 is 0 Å². The number of aromatic nitrogens is 2. The Morgan fingerprint density at radius 1 is 1.50 bits per heavy atom. The van der Waals surface area contributed by atoms with Gasteiger partial charge in [-0.3, -0.25) is 0 Å². The Bertz CT molecular complexity index is 548. The lowest BCUT2D eigenvalue weighted by Gasteiger charge is -2.10. The van der Waals surface area contributed by atoms with E-state index in [0.717, 1.165) is 16.9 Å². The molecule has 0 bridgehead atoms. The second-order valence-corrected chi connectivity index (χ2v) is 3.57. The van der Waals surface area contributed by atoms with Gasteiger partial charge >= 0.3 is 0 Å². The number of aryl methyl sites for hydroxylation is 1. The van der Waals surface area contributed by atoms with Crippen molar-refractivity contribution in [2.75, 3.05) is 0 Å². The summed E-state index contributed by atoms with van der Waals surface area (Å²) < 4.78 is 1.91. The summed E-state index contributed by atoms with van der Waals surface area (Å²) in [5, 5.41) is 8.88. The van der Waals surface area contributed by atoms with Crippen LogP contribution in [-0.2, 0) is 6.54 Å². The summed E-state index contributed by atoms with van der Waals surface area (Å²) in [5.74, 6) is 0. The second-order valence-electron chi connectivity index (χ2n) is 3.57. The van der Waals surface area contributed by atoms with Crippen LogP contribution in [-0.4, -0.2) is 9.55 Å². The minimum Gasteiger partial charge on any atom is -0.325 e. The van der Waals surface area contributed by atoms with Gasteiger partial charge in [-0.2, -0.15) is 5.26 Å². The molecule has 1 heterocycles. The van der Waals surface area contributed by atoms with Crippen LogP contribution in [0.15, 0.2) is 30.7 Å². The van der Waals surface area contributed by atoms with Crippen molar-refractivity contribution in [3.63, 3.8) is 0 Å². The first kappa shape index (κ1) is 10.4. The third kappa shape index (κ3) is 1.69. The zero-order chi connectivity index (χ0) is 11.5. The molecule has 0 fully saturated rings. The molecule has 0 aliphatic rings. The highest BCUT2D eigenvalue weighted by atomic mass is 15.1. The van der Waals surface area contributed by atoms with Crippen LogP contribution in [0, 0.1) is 18.3 Å². The largest absolute Gasteiger partial charge is 0.325 e. The number of hydrogen-bond donors (Lipinski definition) is 1. The fourth-order valence-electron chi connectivity index (χ4n) is 1.63. The second kappa shape index (κ2) is 4.17. The van der Waals surface area contributed by atoms with E-state index in [0.29, 0.717) is 12.1 Å². The van der Waals surface area contributed by atoms with Crippen LogP contribution in [0.25, 0.3) is 5.69 Å². The van der Waals surface area contributed by atoms with Gasteiger partial charge in [0, 0.05) is 12.7 Å². The van der Waals surface area contributed by atoms with Gasteiger partial charge in [0.25, 0.3) is 0 Å². The summed E-state index contributed by atoms with van der Waals surface area (Å²) in [5.41, 5.74) is 9.24. The predicted molar refractivity (Wildman–Crippen MR) is 60.9 cm³/mol. The number of nitrogens with two attached hydrogens (primary N) is 1.